The van der Waals surface area contributed by atoms with Crippen LogP contribution in [0.25, 0.3) is 0 Å². The molecule has 1 heterocycles. The van der Waals surface area contributed by atoms with Crippen LogP contribution in [0.5, 0.6) is 5.75 Å². The monoisotopic (exact) mass is 578 g/mol. The van der Waals surface area contributed by atoms with Crippen LogP contribution < -0.4 is 15.0 Å². The average molecular weight is 580 g/mol. The Morgan fingerprint density at radius 1 is 1.05 bits per heavy atom. The molecule has 3 aromatic rings. The second-order valence-electron chi connectivity index (χ2n) is 9.58. The number of halogens is 3. The summed E-state index contributed by atoms with van der Waals surface area (Å²) < 4.78 is 6.41. The van der Waals surface area contributed by atoms with Gasteiger partial charge in [-0.05, 0) is 78.8 Å². The Kier molecular flexibility index (Phi) is 10.7. The van der Waals surface area contributed by atoms with Crippen LogP contribution in [0.2, 0.25) is 5.02 Å². The molecule has 38 heavy (non-hydrogen) atoms. The van der Waals surface area contributed by atoms with Gasteiger partial charge in [0.25, 0.3) is 0 Å². The summed E-state index contributed by atoms with van der Waals surface area (Å²) in [6, 6.07) is 21.0. The number of anilines is 1. The van der Waals surface area contributed by atoms with Gasteiger partial charge in [-0.2, -0.15) is 0 Å². The molecule has 6 nitrogen and oxygen atoms in total. The molecule has 1 fully saturated rings. The minimum absolute atomic E-state index is 0. The lowest BCUT2D eigenvalue weighted by Crippen LogP contribution is -2.37. The van der Waals surface area contributed by atoms with Gasteiger partial charge in [0, 0.05) is 30.6 Å². The number of nitrogens with zero attached hydrogens (tertiary/aromatic N) is 1. The van der Waals surface area contributed by atoms with Gasteiger partial charge < -0.3 is 25.2 Å². The van der Waals surface area contributed by atoms with Gasteiger partial charge in [0.05, 0.1) is 17.4 Å². The quantitative estimate of drug-likeness (QED) is 0.301. The zero-order valence-electron chi connectivity index (χ0n) is 20.9. The summed E-state index contributed by atoms with van der Waals surface area (Å²) in [7, 11) is 0. The highest BCUT2D eigenvalue weighted by Crippen LogP contribution is 2.32. The van der Waals surface area contributed by atoms with E-state index in [2.05, 4.69) is 22.3 Å². The summed E-state index contributed by atoms with van der Waals surface area (Å²) in [5.41, 5.74) is 4.40. The first kappa shape index (κ1) is 30.1. The number of carbonyl (C=O) groups is 1. The van der Waals surface area contributed by atoms with Crippen molar-refractivity contribution in [2.24, 2.45) is 0 Å². The summed E-state index contributed by atoms with van der Waals surface area (Å²) in [6.07, 6.45) is 3.84. The van der Waals surface area contributed by atoms with E-state index in [9.17, 15) is 15.0 Å². The van der Waals surface area contributed by atoms with Gasteiger partial charge in [-0.15, -0.1) is 24.8 Å². The van der Waals surface area contributed by atoms with Gasteiger partial charge >= 0.3 is 5.97 Å². The minimum Gasteiger partial charge on any atom is -0.478 e. The highest BCUT2D eigenvalue weighted by atomic mass is 35.5. The molecule has 0 saturated carbocycles. The maximum atomic E-state index is 11.7. The van der Waals surface area contributed by atoms with E-state index in [4.69, 9.17) is 16.3 Å². The van der Waals surface area contributed by atoms with Crippen molar-refractivity contribution < 1.29 is 19.7 Å². The minimum atomic E-state index is -0.927. The number of nitrogens with one attached hydrogen (secondary N) is 1. The Bertz CT molecular complexity index is 1240. The van der Waals surface area contributed by atoms with Crippen LogP contribution in [0.3, 0.4) is 0 Å². The van der Waals surface area contributed by atoms with E-state index >= 15 is 0 Å². The SMILES string of the molecule is Cl.Cl.O=C(O)c1ccccc1N1CCCC1Oc1ccc2c(c1)C[C@@H](NC[C@@H](O)c1cccc(Cl)c1)CC2. The van der Waals surface area contributed by atoms with E-state index in [0.717, 1.165) is 50.0 Å². The highest BCUT2D eigenvalue weighted by Gasteiger charge is 2.29. The second-order valence-corrected chi connectivity index (χ2v) is 10.0. The van der Waals surface area contributed by atoms with Gasteiger partial charge in [-0.25, -0.2) is 4.79 Å². The molecule has 1 saturated heterocycles. The Balaban J connectivity index is 0.00000200. The highest BCUT2D eigenvalue weighted by molar-refractivity contribution is 6.30. The smallest absolute Gasteiger partial charge is 0.337 e. The number of carboxylic acid groups (broad SMARTS) is 1. The first-order valence-electron chi connectivity index (χ1n) is 12.5. The molecule has 3 atom stereocenters. The lowest BCUT2D eigenvalue weighted by molar-refractivity contribution is 0.0697. The molecule has 3 aromatic carbocycles. The molecule has 0 amide bonds. The Morgan fingerprint density at radius 2 is 1.87 bits per heavy atom. The zero-order chi connectivity index (χ0) is 25.1. The van der Waals surface area contributed by atoms with Crippen molar-refractivity contribution in [3.05, 3.63) is 94.0 Å². The van der Waals surface area contributed by atoms with Crippen LogP contribution in [0.4, 0.5) is 5.69 Å². The van der Waals surface area contributed by atoms with Crippen molar-refractivity contribution in [2.75, 3.05) is 18.0 Å². The summed E-state index contributed by atoms with van der Waals surface area (Å²) in [4.78, 5) is 13.8. The van der Waals surface area contributed by atoms with Gasteiger partial charge in [-0.1, -0.05) is 41.9 Å². The number of aliphatic hydroxyl groups is 1. The number of fused-ring (bicyclic) bond motifs is 1. The number of rotatable bonds is 8. The van der Waals surface area contributed by atoms with Crippen LogP contribution in [-0.4, -0.2) is 41.5 Å². The van der Waals surface area contributed by atoms with Crippen molar-refractivity contribution in [3.8, 4) is 5.75 Å². The fourth-order valence-corrected chi connectivity index (χ4v) is 5.49. The number of aliphatic hydroxyl groups excluding tert-OH is 1. The van der Waals surface area contributed by atoms with Gasteiger partial charge in [0.1, 0.15) is 5.75 Å². The number of hydrogen-bond acceptors (Lipinski definition) is 5. The zero-order valence-corrected chi connectivity index (χ0v) is 23.3. The Hall–Kier alpha value is -2.48. The molecule has 204 valence electrons. The van der Waals surface area contributed by atoms with E-state index < -0.39 is 12.1 Å². The molecule has 0 spiro atoms. The lowest BCUT2D eigenvalue weighted by Gasteiger charge is -2.30. The first-order chi connectivity index (χ1) is 17.5. The third-order valence-corrected chi connectivity index (χ3v) is 7.39. The van der Waals surface area contributed by atoms with Crippen molar-refractivity contribution in [1.82, 2.24) is 5.32 Å². The number of aromatic carboxylic acids is 1. The predicted octanol–water partition coefficient (Wildman–Crippen LogP) is 6.07. The number of benzene rings is 3. The molecule has 9 heteroatoms. The summed E-state index contributed by atoms with van der Waals surface area (Å²) in [5.74, 6) is -0.123. The normalized spacial score (nSPS) is 19.1. The maximum Gasteiger partial charge on any atom is 0.337 e. The molecule has 0 aromatic heterocycles. The van der Waals surface area contributed by atoms with E-state index in [1.54, 1.807) is 24.3 Å². The molecule has 0 bridgehead atoms. The van der Waals surface area contributed by atoms with Crippen LogP contribution in [0, 0.1) is 0 Å². The number of para-hydroxylation sites is 1. The second kappa shape index (κ2) is 13.5. The fraction of sp³-hybridized carbons (Fsp3) is 0.345. The van der Waals surface area contributed by atoms with Crippen molar-refractivity contribution in [1.29, 1.82) is 0 Å². The number of hydrogen-bond donors (Lipinski definition) is 3. The van der Waals surface area contributed by atoms with Crippen LogP contribution >= 0.6 is 36.4 Å². The van der Waals surface area contributed by atoms with Crippen molar-refractivity contribution in [2.45, 2.75) is 50.5 Å². The van der Waals surface area contributed by atoms with E-state index in [1.807, 2.05) is 30.3 Å². The predicted molar refractivity (Wildman–Crippen MR) is 156 cm³/mol. The van der Waals surface area contributed by atoms with E-state index in [0.29, 0.717) is 22.8 Å². The topological polar surface area (TPSA) is 82.0 Å². The van der Waals surface area contributed by atoms with Gasteiger partial charge in [-0.3, -0.25) is 0 Å². The number of ether oxygens (including phenoxy) is 1. The molecule has 0 radical (unpaired) electrons. The van der Waals surface area contributed by atoms with Crippen LogP contribution in [0.1, 0.15) is 52.4 Å². The number of carboxylic acids is 1. The van der Waals surface area contributed by atoms with Gasteiger partial charge in [0.15, 0.2) is 6.23 Å². The first-order valence-corrected chi connectivity index (χ1v) is 12.9. The Morgan fingerprint density at radius 3 is 2.66 bits per heavy atom. The van der Waals surface area contributed by atoms with E-state index in [-0.39, 0.29) is 37.1 Å². The molecular weight excluding hydrogens is 547 g/mol. The largest absolute Gasteiger partial charge is 0.478 e. The third kappa shape index (κ3) is 6.93. The lowest BCUT2D eigenvalue weighted by atomic mass is 9.88. The average Bonchev–Trinajstić information content (AvgIpc) is 3.34. The van der Waals surface area contributed by atoms with Gasteiger partial charge in [0.2, 0.25) is 0 Å². The molecule has 3 N–H and O–H groups in total. The maximum absolute atomic E-state index is 11.7. The van der Waals surface area contributed by atoms with Crippen LogP contribution in [0.15, 0.2) is 66.7 Å². The molecule has 2 aliphatic rings. The van der Waals surface area contributed by atoms with Crippen molar-refractivity contribution >= 4 is 48.1 Å². The molecule has 1 unspecified atom stereocenters. The summed E-state index contributed by atoms with van der Waals surface area (Å²) in [6.45, 7) is 1.23. The third-order valence-electron chi connectivity index (χ3n) is 7.15. The van der Waals surface area contributed by atoms with E-state index in [1.165, 1.54) is 11.1 Å². The van der Waals surface area contributed by atoms with Crippen molar-refractivity contribution in [3.63, 3.8) is 0 Å². The number of aryl methyl sites for hydroxylation is 1. The summed E-state index contributed by atoms with van der Waals surface area (Å²) >= 11 is 6.06. The Labute approximate surface area is 240 Å². The summed E-state index contributed by atoms with van der Waals surface area (Å²) in [5, 5.41) is 24.3. The molecule has 5 rings (SSSR count). The molecule has 1 aliphatic carbocycles. The standard InChI is InChI=1S/C29H31ClN2O4.2ClH/c30-22-6-3-5-20(15-22)27(33)18-31-23-12-10-19-11-13-24(17-21(19)16-23)36-28-9-4-14-32(28)26-8-2-1-7-25(26)29(34)35;;/h1-3,5-8,11,13,15,17,23,27-28,31,33H,4,9-10,12,14,16,18H2,(H,34,35);2*1H/t23-,27+,28?;;/m0../s1. The molecular formula is C29H33Cl3N2O4. The van der Waals surface area contributed by atoms with Crippen LogP contribution in [-0.2, 0) is 12.8 Å². The fourth-order valence-electron chi connectivity index (χ4n) is 5.29. The molecule has 1 aliphatic heterocycles.